The summed E-state index contributed by atoms with van der Waals surface area (Å²) in [4.78, 5) is 12.3. The standard InChI is InChI=1S/C17H19NO4S/c1-3-18(23(20,21)14-10-6-5-7-11-14)16-13-9-8-12-15(16)17(19)22-4-2/h5-13H,3-4H2,1-2H3. The molecular weight excluding hydrogens is 314 g/mol. The number of esters is 1. The highest BCUT2D eigenvalue weighted by molar-refractivity contribution is 7.92. The summed E-state index contributed by atoms with van der Waals surface area (Å²) >= 11 is 0. The summed E-state index contributed by atoms with van der Waals surface area (Å²) in [7, 11) is -3.75. The number of nitrogens with zero attached hydrogens (tertiary/aromatic N) is 1. The molecule has 0 unspecified atom stereocenters. The molecule has 5 nitrogen and oxygen atoms in total. The van der Waals surface area contributed by atoms with Crippen LogP contribution in [0, 0.1) is 0 Å². The van der Waals surface area contributed by atoms with Crippen LogP contribution in [-0.2, 0) is 14.8 Å². The van der Waals surface area contributed by atoms with Crippen molar-refractivity contribution in [1.29, 1.82) is 0 Å². The maximum atomic E-state index is 12.9. The number of hydrogen-bond acceptors (Lipinski definition) is 4. The molecule has 0 aliphatic rings. The molecule has 0 fully saturated rings. The molecule has 2 rings (SSSR count). The largest absolute Gasteiger partial charge is 0.462 e. The maximum absolute atomic E-state index is 12.9. The summed E-state index contributed by atoms with van der Waals surface area (Å²) < 4.78 is 32.0. The third-order valence-electron chi connectivity index (χ3n) is 3.29. The number of anilines is 1. The molecule has 0 atom stereocenters. The minimum absolute atomic E-state index is 0.181. The first-order chi connectivity index (χ1) is 11.0. The molecule has 0 bridgehead atoms. The van der Waals surface area contributed by atoms with Gasteiger partial charge in [-0.1, -0.05) is 30.3 Å². The zero-order chi connectivity index (χ0) is 16.9. The predicted molar refractivity (Wildman–Crippen MR) is 89.0 cm³/mol. The summed E-state index contributed by atoms with van der Waals surface area (Å²) in [5.41, 5.74) is 0.549. The van der Waals surface area contributed by atoms with Crippen molar-refractivity contribution in [3.05, 3.63) is 60.2 Å². The quantitative estimate of drug-likeness (QED) is 0.762. The van der Waals surface area contributed by atoms with E-state index in [9.17, 15) is 13.2 Å². The topological polar surface area (TPSA) is 63.7 Å². The summed E-state index contributed by atoms with van der Waals surface area (Å²) in [5.74, 6) is -0.537. The Balaban J connectivity index is 2.53. The van der Waals surface area contributed by atoms with Gasteiger partial charge in [0.05, 0.1) is 22.8 Å². The lowest BCUT2D eigenvalue weighted by molar-refractivity contribution is 0.0527. The Morgan fingerprint density at radius 1 is 1.00 bits per heavy atom. The van der Waals surface area contributed by atoms with Crippen LogP contribution in [0.4, 0.5) is 5.69 Å². The van der Waals surface area contributed by atoms with Crippen molar-refractivity contribution in [2.45, 2.75) is 18.7 Å². The first-order valence-electron chi connectivity index (χ1n) is 7.36. The Labute approximate surface area is 136 Å². The monoisotopic (exact) mass is 333 g/mol. The molecule has 0 amide bonds. The third-order valence-corrected chi connectivity index (χ3v) is 5.19. The molecule has 122 valence electrons. The van der Waals surface area contributed by atoms with Crippen LogP contribution in [-0.4, -0.2) is 27.5 Å². The van der Waals surface area contributed by atoms with Gasteiger partial charge in [0, 0.05) is 6.54 Å². The fourth-order valence-electron chi connectivity index (χ4n) is 2.26. The minimum atomic E-state index is -3.75. The van der Waals surface area contributed by atoms with E-state index in [0.717, 1.165) is 0 Å². The molecule has 2 aromatic rings. The van der Waals surface area contributed by atoms with Gasteiger partial charge in [-0.05, 0) is 38.1 Å². The van der Waals surface area contributed by atoms with Gasteiger partial charge in [0.1, 0.15) is 0 Å². The van der Waals surface area contributed by atoms with Crippen LogP contribution < -0.4 is 4.31 Å². The van der Waals surface area contributed by atoms with E-state index in [4.69, 9.17) is 4.74 Å². The molecular formula is C17H19NO4S. The number of sulfonamides is 1. The van der Waals surface area contributed by atoms with E-state index >= 15 is 0 Å². The van der Waals surface area contributed by atoms with E-state index in [-0.39, 0.29) is 23.6 Å². The zero-order valence-electron chi connectivity index (χ0n) is 13.1. The van der Waals surface area contributed by atoms with Crippen LogP contribution in [0.15, 0.2) is 59.5 Å². The number of carbonyl (C=O) groups excluding carboxylic acids is 1. The van der Waals surface area contributed by atoms with Crippen LogP contribution in [0.5, 0.6) is 0 Å². The number of benzene rings is 2. The van der Waals surface area contributed by atoms with Crippen LogP contribution in [0.3, 0.4) is 0 Å². The second-order valence-electron chi connectivity index (χ2n) is 4.72. The zero-order valence-corrected chi connectivity index (χ0v) is 13.9. The second-order valence-corrected chi connectivity index (χ2v) is 6.58. The highest BCUT2D eigenvalue weighted by Crippen LogP contribution is 2.27. The number of hydrogen-bond donors (Lipinski definition) is 0. The summed E-state index contributed by atoms with van der Waals surface area (Å²) in [6.07, 6.45) is 0. The number of ether oxygens (including phenoxy) is 1. The van der Waals surface area contributed by atoms with Crippen LogP contribution in [0.1, 0.15) is 24.2 Å². The van der Waals surface area contributed by atoms with Crippen molar-refractivity contribution in [2.75, 3.05) is 17.5 Å². The molecule has 23 heavy (non-hydrogen) atoms. The highest BCUT2D eigenvalue weighted by Gasteiger charge is 2.27. The van der Waals surface area contributed by atoms with Crippen molar-refractivity contribution < 1.29 is 17.9 Å². The Morgan fingerprint density at radius 3 is 2.22 bits per heavy atom. The van der Waals surface area contributed by atoms with Crippen LogP contribution >= 0.6 is 0 Å². The Morgan fingerprint density at radius 2 is 1.61 bits per heavy atom. The van der Waals surface area contributed by atoms with E-state index in [1.165, 1.54) is 16.4 Å². The van der Waals surface area contributed by atoms with E-state index in [1.54, 1.807) is 56.3 Å². The van der Waals surface area contributed by atoms with E-state index in [0.29, 0.717) is 5.69 Å². The average molecular weight is 333 g/mol. The van der Waals surface area contributed by atoms with E-state index in [2.05, 4.69) is 0 Å². The van der Waals surface area contributed by atoms with Crippen LogP contribution in [0.2, 0.25) is 0 Å². The first-order valence-corrected chi connectivity index (χ1v) is 8.80. The van der Waals surface area contributed by atoms with Crippen molar-refractivity contribution in [1.82, 2.24) is 0 Å². The third kappa shape index (κ3) is 3.53. The molecule has 0 N–H and O–H groups in total. The van der Waals surface area contributed by atoms with E-state index < -0.39 is 16.0 Å². The van der Waals surface area contributed by atoms with Gasteiger partial charge in [-0.3, -0.25) is 4.31 Å². The van der Waals surface area contributed by atoms with Gasteiger partial charge in [0.15, 0.2) is 0 Å². The molecule has 0 aliphatic carbocycles. The van der Waals surface area contributed by atoms with Gasteiger partial charge in [0.2, 0.25) is 0 Å². The number of para-hydroxylation sites is 1. The molecule has 0 spiro atoms. The smallest absolute Gasteiger partial charge is 0.340 e. The number of carbonyl (C=O) groups is 1. The highest BCUT2D eigenvalue weighted by atomic mass is 32.2. The summed E-state index contributed by atoms with van der Waals surface area (Å²) in [6, 6.07) is 14.7. The van der Waals surface area contributed by atoms with Gasteiger partial charge in [-0.2, -0.15) is 0 Å². The van der Waals surface area contributed by atoms with Gasteiger partial charge in [-0.15, -0.1) is 0 Å². The van der Waals surface area contributed by atoms with Gasteiger partial charge < -0.3 is 4.74 Å². The second kappa shape index (κ2) is 7.28. The molecule has 0 saturated heterocycles. The molecule has 6 heteroatoms. The van der Waals surface area contributed by atoms with Crippen molar-refractivity contribution in [3.8, 4) is 0 Å². The van der Waals surface area contributed by atoms with Crippen molar-refractivity contribution in [2.24, 2.45) is 0 Å². The summed E-state index contributed by atoms with van der Waals surface area (Å²) in [6.45, 7) is 3.86. The van der Waals surface area contributed by atoms with Gasteiger partial charge in [0.25, 0.3) is 10.0 Å². The first kappa shape index (κ1) is 17.0. The Hall–Kier alpha value is -2.34. The molecule has 0 saturated carbocycles. The molecule has 0 heterocycles. The molecule has 2 aromatic carbocycles. The normalized spacial score (nSPS) is 11.0. The number of rotatable bonds is 6. The minimum Gasteiger partial charge on any atom is -0.462 e. The lowest BCUT2D eigenvalue weighted by atomic mass is 10.2. The Bertz CT molecular complexity index is 772. The lowest BCUT2D eigenvalue weighted by Gasteiger charge is -2.24. The van der Waals surface area contributed by atoms with Crippen LogP contribution in [0.25, 0.3) is 0 Å². The average Bonchev–Trinajstić information content (AvgIpc) is 2.57. The van der Waals surface area contributed by atoms with Crippen molar-refractivity contribution >= 4 is 21.7 Å². The Kier molecular flexibility index (Phi) is 5.39. The molecule has 0 radical (unpaired) electrons. The lowest BCUT2D eigenvalue weighted by Crippen LogP contribution is -2.32. The predicted octanol–water partition coefficient (Wildman–Crippen LogP) is 3.08. The van der Waals surface area contributed by atoms with Gasteiger partial charge in [-0.25, -0.2) is 13.2 Å². The fourth-order valence-corrected chi connectivity index (χ4v) is 3.78. The molecule has 0 aliphatic heterocycles. The van der Waals surface area contributed by atoms with Crippen molar-refractivity contribution in [3.63, 3.8) is 0 Å². The SMILES string of the molecule is CCOC(=O)c1ccccc1N(CC)S(=O)(=O)c1ccccc1. The summed E-state index contributed by atoms with van der Waals surface area (Å²) in [5, 5.41) is 0. The maximum Gasteiger partial charge on any atom is 0.340 e. The van der Waals surface area contributed by atoms with Gasteiger partial charge >= 0.3 is 5.97 Å². The fraction of sp³-hybridized carbons (Fsp3) is 0.235. The molecule has 0 aromatic heterocycles. The van der Waals surface area contributed by atoms with E-state index in [1.807, 2.05) is 0 Å².